The van der Waals surface area contributed by atoms with Crippen LogP contribution in [0.2, 0.25) is 0 Å². The van der Waals surface area contributed by atoms with Gasteiger partial charge >= 0.3 is 5.97 Å². The molecule has 94 valence electrons. The quantitative estimate of drug-likeness (QED) is 0.792. The number of ether oxygens (including phenoxy) is 1. The minimum atomic E-state index is -0.940. The molecular formula is C13H19NO3. The predicted octanol–water partition coefficient (Wildman–Crippen LogP) is 1.83. The van der Waals surface area contributed by atoms with Crippen LogP contribution in [0.5, 0.6) is 5.75 Å². The van der Waals surface area contributed by atoms with Gasteiger partial charge in [-0.15, -0.1) is 0 Å². The minimum Gasteiger partial charge on any atom is -0.494 e. The van der Waals surface area contributed by atoms with E-state index in [1.807, 2.05) is 31.2 Å². The van der Waals surface area contributed by atoms with Crippen molar-refractivity contribution in [1.29, 1.82) is 0 Å². The molecule has 4 heteroatoms. The van der Waals surface area contributed by atoms with Crippen molar-refractivity contribution >= 4 is 5.97 Å². The van der Waals surface area contributed by atoms with Crippen LogP contribution in [0.15, 0.2) is 24.3 Å². The maximum Gasteiger partial charge on any atom is 0.323 e. The van der Waals surface area contributed by atoms with Gasteiger partial charge in [-0.25, -0.2) is 0 Å². The van der Waals surface area contributed by atoms with E-state index in [1.165, 1.54) is 5.56 Å². The molecule has 1 atom stereocenters. The van der Waals surface area contributed by atoms with Crippen molar-refractivity contribution in [2.45, 2.75) is 25.8 Å². The Balaban J connectivity index is 2.47. The maximum atomic E-state index is 11.0. The third-order valence-corrected chi connectivity index (χ3v) is 2.92. The third kappa shape index (κ3) is 3.75. The molecule has 0 fully saturated rings. The van der Waals surface area contributed by atoms with Crippen molar-refractivity contribution in [2.24, 2.45) is 0 Å². The highest BCUT2D eigenvalue weighted by Crippen LogP contribution is 2.14. The topological polar surface area (TPSA) is 58.6 Å². The van der Waals surface area contributed by atoms with Crippen LogP contribution >= 0.6 is 0 Å². The second-order valence-electron chi connectivity index (χ2n) is 4.30. The molecule has 0 aliphatic heterocycles. The lowest BCUT2D eigenvalue weighted by Gasteiger charge is -2.23. The van der Waals surface area contributed by atoms with E-state index in [4.69, 9.17) is 9.84 Å². The fourth-order valence-corrected chi connectivity index (χ4v) is 1.35. The van der Waals surface area contributed by atoms with Gasteiger partial charge in [-0.2, -0.15) is 0 Å². The monoisotopic (exact) mass is 237 g/mol. The molecule has 0 amide bonds. The molecule has 0 aliphatic rings. The molecule has 0 aliphatic carbocycles. The average molecular weight is 237 g/mol. The van der Waals surface area contributed by atoms with Crippen molar-refractivity contribution in [3.63, 3.8) is 0 Å². The molecule has 4 nitrogen and oxygen atoms in total. The highest BCUT2D eigenvalue weighted by Gasteiger charge is 2.30. The summed E-state index contributed by atoms with van der Waals surface area (Å²) in [5.74, 6) is -0.105. The van der Waals surface area contributed by atoms with Crippen molar-refractivity contribution in [1.82, 2.24) is 5.32 Å². The molecule has 0 saturated heterocycles. The zero-order valence-corrected chi connectivity index (χ0v) is 10.5. The fraction of sp³-hybridized carbons (Fsp3) is 0.462. The Hall–Kier alpha value is -1.55. The van der Waals surface area contributed by atoms with E-state index in [-0.39, 0.29) is 0 Å². The van der Waals surface area contributed by atoms with E-state index in [2.05, 4.69) is 5.32 Å². The molecule has 0 heterocycles. The maximum absolute atomic E-state index is 11.0. The summed E-state index contributed by atoms with van der Waals surface area (Å²) in [6.07, 6.45) is 0.409. The van der Waals surface area contributed by atoms with Crippen molar-refractivity contribution < 1.29 is 14.6 Å². The summed E-state index contributed by atoms with van der Waals surface area (Å²) in [5.41, 5.74) is 0.230. The van der Waals surface area contributed by atoms with Crippen LogP contribution in [0.4, 0.5) is 0 Å². The third-order valence-electron chi connectivity index (χ3n) is 2.92. The molecule has 1 aromatic rings. The van der Waals surface area contributed by atoms with Gasteiger partial charge in [-0.3, -0.25) is 4.79 Å². The zero-order valence-electron chi connectivity index (χ0n) is 10.5. The van der Waals surface area contributed by atoms with Crippen LogP contribution < -0.4 is 10.1 Å². The first kappa shape index (κ1) is 13.5. The standard InChI is InChI=1S/C13H19NO3/c1-10-4-6-11(7-5-10)17-9-8-13(2,14-3)12(15)16/h4-7,14H,8-9H2,1-3H3,(H,15,16). The second-order valence-corrected chi connectivity index (χ2v) is 4.30. The normalized spacial score (nSPS) is 14.1. The molecular weight excluding hydrogens is 218 g/mol. The van der Waals surface area contributed by atoms with Crippen LogP contribution in [-0.4, -0.2) is 30.3 Å². The lowest BCUT2D eigenvalue weighted by Crippen LogP contribution is -2.48. The summed E-state index contributed by atoms with van der Waals surface area (Å²) < 4.78 is 5.51. The van der Waals surface area contributed by atoms with Gasteiger partial charge in [0.1, 0.15) is 11.3 Å². The van der Waals surface area contributed by atoms with Gasteiger partial charge in [0.2, 0.25) is 0 Å². The van der Waals surface area contributed by atoms with Crippen molar-refractivity contribution in [3.8, 4) is 5.75 Å². The largest absolute Gasteiger partial charge is 0.494 e. The molecule has 17 heavy (non-hydrogen) atoms. The lowest BCUT2D eigenvalue weighted by molar-refractivity contribution is -0.144. The van der Waals surface area contributed by atoms with Crippen LogP contribution in [0.25, 0.3) is 0 Å². The minimum absolute atomic E-state index is 0.368. The Morgan fingerprint density at radius 2 is 2.00 bits per heavy atom. The number of carboxylic acid groups (broad SMARTS) is 1. The van der Waals surface area contributed by atoms with E-state index >= 15 is 0 Å². The molecule has 1 aromatic carbocycles. The molecule has 0 aromatic heterocycles. The number of benzene rings is 1. The summed E-state index contributed by atoms with van der Waals surface area (Å²) >= 11 is 0. The van der Waals surface area contributed by atoms with Crippen LogP contribution in [-0.2, 0) is 4.79 Å². The first-order valence-electron chi connectivity index (χ1n) is 5.60. The summed E-state index contributed by atoms with van der Waals surface area (Å²) in [4.78, 5) is 11.0. The van der Waals surface area contributed by atoms with Crippen molar-refractivity contribution in [2.75, 3.05) is 13.7 Å². The highest BCUT2D eigenvalue weighted by atomic mass is 16.5. The smallest absolute Gasteiger partial charge is 0.323 e. The number of nitrogens with one attached hydrogen (secondary N) is 1. The van der Waals surface area contributed by atoms with Gasteiger partial charge in [0.15, 0.2) is 0 Å². The lowest BCUT2D eigenvalue weighted by atomic mass is 9.99. The van der Waals surface area contributed by atoms with E-state index in [0.29, 0.717) is 13.0 Å². The van der Waals surface area contributed by atoms with E-state index < -0.39 is 11.5 Å². The van der Waals surface area contributed by atoms with Gasteiger partial charge < -0.3 is 15.2 Å². The SMILES string of the molecule is CNC(C)(CCOc1ccc(C)cc1)C(=O)O. The van der Waals surface area contributed by atoms with Crippen LogP contribution in [0.3, 0.4) is 0 Å². The number of carbonyl (C=O) groups is 1. The summed E-state index contributed by atoms with van der Waals surface area (Å²) in [7, 11) is 1.64. The number of rotatable bonds is 6. The van der Waals surface area contributed by atoms with Gasteiger partial charge in [0.25, 0.3) is 0 Å². The van der Waals surface area contributed by atoms with Crippen molar-refractivity contribution in [3.05, 3.63) is 29.8 Å². The van der Waals surface area contributed by atoms with E-state index in [1.54, 1.807) is 14.0 Å². The predicted molar refractivity (Wildman–Crippen MR) is 66.4 cm³/mol. The Morgan fingerprint density at radius 1 is 1.41 bits per heavy atom. The Bertz CT molecular complexity index is 375. The average Bonchev–Trinajstić information content (AvgIpc) is 2.31. The van der Waals surface area contributed by atoms with Gasteiger partial charge in [-0.05, 0) is 33.0 Å². The number of aryl methyl sites for hydroxylation is 1. The highest BCUT2D eigenvalue weighted by molar-refractivity contribution is 5.78. The van der Waals surface area contributed by atoms with Gasteiger partial charge in [-0.1, -0.05) is 17.7 Å². The number of likely N-dealkylation sites (N-methyl/N-ethyl adjacent to an activating group) is 1. The van der Waals surface area contributed by atoms with E-state index in [0.717, 1.165) is 5.75 Å². The molecule has 0 saturated carbocycles. The van der Waals surface area contributed by atoms with E-state index in [9.17, 15) is 4.79 Å². The van der Waals surface area contributed by atoms with Crippen LogP contribution in [0.1, 0.15) is 18.9 Å². The molecule has 0 spiro atoms. The first-order chi connectivity index (χ1) is 7.98. The summed E-state index contributed by atoms with van der Waals surface area (Å²) in [6, 6.07) is 7.69. The first-order valence-corrected chi connectivity index (χ1v) is 5.60. The molecule has 0 bridgehead atoms. The zero-order chi connectivity index (χ0) is 12.9. The number of hydrogen-bond donors (Lipinski definition) is 2. The Labute approximate surface area is 102 Å². The molecule has 0 radical (unpaired) electrons. The molecule has 1 unspecified atom stereocenters. The van der Waals surface area contributed by atoms with Crippen LogP contribution in [0, 0.1) is 6.92 Å². The van der Waals surface area contributed by atoms with Gasteiger partial charge in [0.05, 0.1) is 6.61 Å². The molecule has 1 rings (SSSR count). The fourth-order valence-electron chi connectivity index (χ4n) is 1.35. The Kier molecular flexibility index (Phi) is 4.52. The summed E-state index contributed by atoms with van der Waals surface area (Å²) in [6.45, 7) is 4.02. The Morgan fingerprint density at radius 3 is 2.47 bits per heavy atom. The molecule has 2 N–H and O–H groups in total. The van der Waals surface area contributed by atoms with Gasteiger partial charge in [0, 0.05) is 6.42 Å². The second kappa shape index (κ2) is 5.68. The number of aliphatic carboxylic acids is 1. The summed E-state index contributed by atoms with van der Waals surface area (Å²) in [5, 5.41) is 11.8. The number of hydrogen-bond acceptors (Lipinski definition) is 3. The number of carboxylic acids is 1.